The van der Waals surface area contributed by atoms with Gasteiger partial charge >= 0.3 is 0 Å². The highest BCUT2D eigenvalue weighted by molar-refractivity contribution is 5.86. The van der Waals surface area contributed by atoms with E-state index in [1.54, 1.807) is 7.11 Å². The minimum absolute atomic E-state index is 0.843. The molecule has 1 aliphatic heterocycles. The summed E-state index contributed by atoms with van der Waals surface area (Å²) in [7, 11) is 1.71. The van der Waals surface area contributed by atoms with Gasteiger partial charge in [-0.2, -0.15) is 0 Å². The predicted octanol–water partition coefficient (Wildman–Crippen LogP) is 1.55. The van der Waals surface area contributed by atoms with Crippen LogP contribution in [0.4, 0.5) is 0 Å². The summed E-state index contributed by atoms with van der Waals surface area (Å²) in [6.45, 7) is 3.96. The lowest BCUT2D eigenvalue weighted by molar-refractivity contribution is 0.410. The smallest absolute Gasteiger partial charge is 0.122 e. The minimum Gasteiger partial charge on any atom is -0.496 e. The van der Waals surface area contributed by atoms with Crippen molar-refractivity contribution in [2.24, 2.45) is 4.99 Å². The monoisotopic (exact) mass is 204 g/mol. The highest BCUT2D eigenvalue weighted by Crippen LogP contribution is 2.22. The van der Waals surface area contributed by atoms with Crippen LogP contribution >= 0.6 is 0 Å². The molecule has 80 valence electrons. The lowest BCUT2D eigenvalue weighted by Crippen LogP contribution is -2.21. The molecule has 3 heteroatoms. The molecule has 0 radical (unpaired) electrons. The van der Waals surface area contributed by atoms with Crippen molar-refractivity contribution in [2.75, 3.05) is 20.2 Å². The summed E-state index contributed by atoms with van der Waals surface area (Å²) in [5.74, 6) is 2.02. The Bertz CT molecular complexity index is 385. The number of aliphatic imine (C=N–C) groups is 1. The van der Waals surface area contributed by atoms with Crippen molar-refractivity contribution < 1.29 is 4.74 Å². The lowest BCUT2D eigenvalue weighted by atomic mass is 10.0. The van der Waals surface area contributed by atoms with Crippen LogP contribution in [0.1, 0.15) is 11.1 Å². The Hall–Kier alpha value is -1.51. The van der Waals surface area contributed by atoms with Gasteiger partial charge in [-0.05, 0) is 18.6 Å². The fraction of sp³-hybridized carbons (Fsp3) is 0.417. The second kappa shape index (κ2) is 4.34. The number of amidine groups is 1. The second-order valence-electron chi connectivity index (χ2n) is 3.69. The van der Waals surface area contributed by atoms with E-state index in [-0.39, 0.29) is 0 Å². The average Bonchev–Trinajstić information content (AvgIpc) is 2.74. The van der Waals surface area contributed by atoms with Crippen molar-refractivity contribution in [1.82, 2.24) is 5.32 Å². The molecule has 0 bridgehead atoms. The first-order valence-electron chi connectivity index (χ1n) is 5.21. The zero-order valence-electron chi connectivity index (χ0n) is 9.21. The summed E-state index contributed by atoms with van der Waals surface area (Å²) in [5.41, 5.74) is 2.49. The summed E-state index contributed by atoms with van der Waals surface area (Å²) >= 11 is 0. The maximum Gasteiger partial charge on any atom is 0.122 e. The van der Waals surface area contributed by atoms with Crippen molar-refractivity contribution in [3.63, 3.8) is 0 Å². The quantitative estimate of drug-likeness (QED) is 0.810. The second-order valence-corrected chi connectivity index (χ2v) is 3.69. The SMILES string of the molecule is COc1cccc(C)c1CC1=NCCN1. The molecule has 0 atom stereocenters. The molecule has 0 unspecified atom stereocenters. The number of benzene rings is 1. The molecule has 0 fully saturated rings. The van der Waals surface area contributed by atoms with Crippen molar-refractivity contribution in [2.45, 2.75) is 13.3 Å². The Morgan fingerprint density at radius 1 is 1.47 bits per heavy atom. The van der Waals surface area contributed by atoms with E-state index in [9.17, 15) is 0 Å². The maximum absolute atomic E-state index is 5.35. The molecule has 2 rings (SSSR count). The number of nitrogens with one attached hydrogen (secondary N) is 1. The fourth-order valence-corrected chi connectivity index (χ4v) is 1.83. The van der Waals surface area contributed by atoms with Crippen LogP contribution in [-0.2, 0) is 6.42 Å². The Morgan fingerprint density at radius 2 is 2.33 bits per heavy atom. The molecule has 1 aliphatic rings. The van der Waals surface area contributed by atoms with Crippen molar-refractivity contribution in [3.05, 3.63) is 29.3 Å². The number of aryl methyl sites for hydroxylation is 1. The van der Waals surface area contributed by atoms with Gasteiger partial charge in [-0.1, -0.05) is 12.1 Å². The van der Waals surface area contributed by atoms with Gasteiger partial charge in [0.25, 0.3) is 0 Å². The molecular formula is C12H16N2O. The molecule has 1 heterocycles. The van der Waals surface area contributed by atoms with E-state index in [4.69, 9.17) is 4.74 Å². The van der Waals surface area contributed by atoms with Gasteiger partial charge in [-0.3, -0.25) is 4.99 Å². The molecule has 15 heavy (non-hydrogen) atoms. The van der Waals surface area contributed by atoms with Crippen molar-refractivity contribution in [1.29, 1.82) is 0 Å². The molecule has 0 saturated heterocycles. The van der Waals surface area contributed by atoms with Crippen LogP contribution in [0.2, 0.25) is 0 Å². The van der Waals surface area contributed by atoms with Gasteiger partial charge in [0.1, 0.15) is 11.6 Å². The van der Waals surface area contributed by atoms with Crippen LogP contribution in [-0.4, -0.2) is 26.0 Å². The molecule has 0 amide bonds. The van der Waals surface area contributed by atoms with Gasteiger partial charge < -0.3 is 10.1 Å². The van der Waals surface area contributed by atoms with Gasteiger partial charge in [-0.15, -0.1) is 0 Å². The molecule has 0 spiro atoms. The molecule has 1 aromatic rings. The van der Waals surface area contributed by atoms with Crippen LogP contribution in [0.5, 0.6) is 5.75 Å². The van der Waals surface area contributed by atoms with E-state index < -0.39 is 0 Å². The van der Waals surface area contributed by atoms with Crippen LogP contribution < -0.4 is 10.1 Å². The Balaban J connectivity index is 2.25. The van der Waals surface area contributed by atoms with Gasteiger partial charge in [0, 0.05) is 18.5 Å². The van der Waals surface area contributed by atoms with E-state index in [0.29, 0.717) is 0 Å². The Kier molecular flexibility index (Phi) is 2.90. The molecule has 1 N–H and O–H groups in total. The first-order valence-corrected chi connectivity index (χ1v) is 5.21. The third-order valence-corrected chi connectivity index (χ3v) is 2.67. The molecular weight excluding hydrogens is 188 g/mol. The van der Waals surface area contributed by atoms with Crippen LogP contribution in [0.15, 0.2) is 23.2 Å². The van der Waals surface area contributed by atoms with E-state index in [1.807, 2.05) is 12.1 Å². The first-order chi connectivity index (χ1) is 7.31. The topological polar surface area (TPSA) is 33.6 Å². The number of ether oxygens (including phenoxy) is 1. The van der Waals surface area contributed by atoms with Gasteiger partial charge in [0.2, 0.25) is 0 Å². The van der Waals surface area contributed by atoms with Gasteiger partial charge in [-0.25, -0.2) is 0 Å². The molecule has 0 aromatic heterocycles. The van der Waals surface area contributed by atoms with E-state index >= 15 is 0 Å². The van der Waals surface area contributed by atoms with Crippen molar-refractivity contribution in [3.8, 4) is 5.75 Å². The summed E-state index contributed by atoms with van der Waals surface area (Å²) in [6, 6.07) is 6.12. The largest absolute Gasteiger partial charge is 0.496 e. The lowest BCUT2D eigenvalue weighted by Gasteiger charge is -2.11. The standard InChI is InChI=1S/C12H16N2O/c1-9-4-3-5-11(15-2)10(9)8-12-13-6-7-14-12/h3-5H,6-8H2,1-2H3,(H,13,14). The fourth-order valence-electron chi connectivity index (χ4n) is 1.83. The van der Waals surface area contributed by atoms with Gasteiger partial charge in [0.05, 0.1) is 13.7 Å². The molecule has 1 aromatic carbocycles. The minimum atomic E-state index is 0.843. The maximum atomic E-state index is 5.35. The Labute approximate surface area is 90.2 Å². The summed E-state index contributed by atoms with van der Waals surface area (Å²) in [4.78, 5) is 4.40. The van der Waals surface area contributed by atoms with Gasteiger partial charge in [0.15, 0.2) is 0 Å². The molecule has 0 saturated carbocycles. The van der Waals surface area contributed by atoms with Crippen LogP contribution in [0.3, 0.4) is 0 Å². The number of methoxy groups -OCH3 is 1. The van der Waals surface area contributed by atoms with Crippen LogP contribution in [0.25, 0.3) is 0 Å². The van der Waals surface area contributed by atoms with E-state index in [2.05, 4.69) is 23.3 Å². The normalized spacial score (nSPS) is 14.7. The zero-order valence-corrected chi connectivity index (χ0v) is 9.21. The Morgan fingerprint density at radius 3 is 3.00 bits per heavy atom. The molecule has 3 nitrogen and oxygen atoms in total. The van der Waals surface area contributed by atoms with Crippen molar-refractivity contribution >= 4 is 5.84 Å². The third-order valence-electron chi connectivity index (χ3n) is 2.67. The number of nitrogens with zero attached hydrogens (tertiary/aromatic N) is 1. The van der Waals surface area contributed by atoms with E-state index in [0.717, 1.165) is 31.1 Å². The summed E-state index contributed by atoms with van der Waals surface area (Å²) < 4.78 is 5.35. The average molecular weight is 204 g/mol. The van der Waals surface area contributed by atoms with Crippen LogP contribution in [0, 0.1) is 6.92 Å². The highest BCUT2D eigenvalue weighted by Gasteiger charge is 2.11. The third kappa shape index (κ3) is 2.12. The highest BCUT2D eigenvalue weighted by atomic mass is 16.5. The zero-order chi connectivity index (χ0) is 10.7. The number of hydrogen-bond donors (Lipinski definition) is 1. The summed E-state index contributed by atoms with van der Waals surface area (Å²) in [6.07, 6.45) is 0.843. The predicted molar refractivity (Wildman–Crippen MR) is 61.7 cm³/mol. The molecule has 0 aliphatic carbocycles. The number of hydrogen-bond acceptors (Lipinski definition) is 3. The summed E-state index contributed by atoms with van der Waals surface area (Å²) in [5, 5.41) is 3.28. The number of rotatable bonds is 3. The first kappa shape index (κ1) is 10.0. The van der Waals surface area contributed by atoms with E-state index in [1.165, 1.54) is 11.1 Å².